The van der Waals surface area contributed by atoms with Crippen molar-refractivity contribution in [1.82, 2.24) is 20.1 Å². The van der Waals surface area contributed by atoms with Crippen LogP contribution in [0.15, 0.2) is 54.9 Å². The van der Waals surface area contributed by atoms with Crippen LogP contribution in [0.4, 0.5) is 0 Å². The Morgan fingerprint density at radius 2 is 2.00 bits per heavy atom. The number of para-hydroxylation sites is 1. The van der Waals surface area contributed by atoms with Crippen molar-refractivity contribution in [2.45, 2.75) is 12.8 Å². The second-order valence-electron chi connectivity index (χ2n) is 6.28. The fourth-order valence-corrected chi connectivity index (χ4v) is 3.13. The van der Waals surface area contributed by atoms with Gasteiger partial charge in [0.05, 0.1) is 11.4 Å². The highest BCUT2D eigenvalue weighted by Gasteiger charge is 2.19. The predicted molar refractivity (Wildman–Crippen MR) is 98.6 cm³/mol. The van der Waals surface area contributed by atoms with Gasteiger partial charge in [-0.15, -0.1) is 0 Å². The molecule has 3 heterocycles. The third-order valence-electron chi connectivity index (χ3n) is 4.52. The Labute approximate surface area is 151 Å². The molecule has 0 atom stereocenters. The van der Waals surface area contributed by atoms with E-state index < -0.39 is 0 Å². The molecule has 1 aromatic carbocycles. The van der Waals surface area contributed by atoms with Gasteiger partial charge < -0.3 is 9.64 Å². The van der Waals surface area contributed by atoms with Gasteiger partial charge in [-0.1, -0.05) is 12.1 Å². The number of H-pyrrole nitrogens is 1. The first-order valence-corrected chi connectivity index (χ1v) is 8.77. The first-order valence-electron chi connectivity index (χ1n) is 8.77. The van der Waals surface area contributed by atoms with Crippen molar-refractivity contribution < 1.29 is 9.53 Å². The molecule has 6 heteroatoms. The maximum Gasteiger partial charge on any atom is 0.260 e. The molecular weight excluding hydrogens is 328 g/mol. The molecule has 0 bridgehead atoms. The smallest absolute Gasteiger partial charge is 0.260 e. The van der Waals surface area contributed by atoms with Crippen molar-refractivity contribution >= 4 is 5.91 Å². The predicted octanol–water partition coefficient (Wildman–Crippen LogP) is 3.14. The van der Waals surface area contributed by atoms with Crippen LogP contribution in [-0.4, -0.2) is 45.7 Å². The number of rotatable bonds is 5. The lowest BCUT2D eigenvalue weighted by Crippen LogP contribution is -2.32. The van der Waals surface area contributed by atoms with Gasteiger partial charge in [0.2, 0.25) is 0 Å². The summed E-state index contributed by atoms with van der Waals surface area (Å²) in [5.74, 6) is 0.708. The third-order valence-corrected chi connectivity index (χ3v) is 4.52. The van der Waals surface area contributed by atoms with Gasteiger partial charge >= 0.3 is 0 Å². The zero-order valence-electron chi connectivity index (χ0n) is 14.4. The lowest BCUT2D eigenvalue weighted by molar-refractivity contribution is -0.132. The molecular formula is C20H20N4O2. The number of ether oxygens (including phenoxy) is 1. The standard InChI is InChI=1S/C20H20N4O2/c25-20(24-10-3-4-11-24)14-26-19-8-2-1-7-16(19)18-12-17(22-23-18)15-6-5-9-21-13-15/h1-2,5-9,12-13H,3-4,10-11,14H2,(H,22,23). The number of pyridine rings is 1. The van der Waals surface area contributed by atoms with Crippen molar-refractivity contribution in [2.75, 3.05) is 19.7 Å². The first-order chi connectivity index (χ1) is 12.8. The Balaban J connectivity index is 1.52. The van der Waals surface area contributed by atoms with Crippen molar-refractivity contribution in [3.8, 4) is 28.3 Å². The molecule has 6 nitrogen and oxygen atoms in total. The minimum absolute atomic E-state index is 0.0398. The monoisotopic (exact) mass is 348 g/mol. The lowest BCUT2D eigenvalue weighted by atomic mass is 10.1. The summed E-state index contributed by atoms with van der Waals surface area (Å²) in [6.07, 6.45) is 5.66. The van der Waals surface area contributed by atoms with Crippen LogP contribution in [-0.2, 0) is 4.79 Å². The second kappa shape index (κ2) is 7.39. The second-order valence-corrected chi connectivity index (χ2v) is 6.28. The van der Waals surface area contributed by atoms with E-state index in [1.54, 1.807) is 12.4 Å². The van der Waals surface area contributed by atoms with Crippen LogP contribution >= 0.6 is 0 Å². The molecule has 1 aliphatic rings. The first kappa shape index (κ1) is 16.3. The molecule has 0 aliphatic carbocycles. The van der Waals surface area contributed by atoms with Gasteiger partial charge in [-0.3, -0.25) is 14.9 Å². The maximum atomic E-state index is 12.2. The van der Waals surface area contributed by atoms with Crippen molar-refractivity contribution in [3.63, 3.8) is 0 Å². The van der Waals surface area contributed by atoms with E-state index in [-0.39, 0.29) is 12.5 Å². The fraction of sp³-hybridized carbons (Fsp3) is 0.250. The molecule has 1 N–H and O–H groups in total. The fourth-order valence-electron chi connectivity index (χ4n) is 3.13. The molecule has 4 rings (SSSR count). The van der Waals surface area contributed by atoms with E-state index in [0.717, 1.165) is 48.4 Å². The van der Waals surface area contributed by atoms with E-state index in [1.165, 1.54) is 0 Å². The van der Waals surface area contributed by atoms with Crippen LogP contribution in [0.1, 0.15) is 12.8 Å². The normalized spacial score (nSPS) is 13.8. The number of aromatic nitrogens is 3. The maximum absolute atomic E-state index is 12.2. The van der Waals surface area contributed by atoms with Gasteiger partial charge in [0.15, 0.2) is 6.61 Å². The largest absolute Gasteiger partial charge is 0.483 e. The van der Waals surface area contributed by atoms with Gasteiger partial charge in [0, 0.05) is 36.6 Å². The Morgan fingerprint density at radius 1 is 1.15 bits per heavy atom. The summed E-state index contributed by atoms with van der Waals surface area (Å²) in [7, 11) is 0. The highest BCUT2D eigenvalue weighted by Crippen LogP contribution is 2.30. The number of benzene rings is 1. The highest BCUT2D eigenvalue weighted by atomic mass is 16.5. The number of hydrogen-bond acceptors (Lipinski definition) is 4. The average Bonchev–Trinajstić information content (AvgIpc) is 3.39. The molecule has 26 heavy (non-hydrogen) atoms. The Morgan fingerprint density at radius 3 is 2.81 bits per heavy atom. The van der Waals surface area contributed by atoms with Crippen LogP contribution in [0.3, 0.4) is 0 Å². The minimum atomic E-state index is 0.0398. The van der Waals surface area contributed by atoms with Gasteiger partial charge in [-0.25, -0.2) is 0 Å². The van der Waals surface area contributed by atoms with Crippen molar-refractivity contribution in [2.24, 2.45) is 0 Å². The van der Waals surface area contributed by atoms with Crippen molar-refractivity contribution in [1.29, 1.82) is 0 Å². The number of nitrogens with one attached hydrogen (secondary N) is 1. The molecule has 0 radical (unpaired) electrons. The Bertz CT molecular complexity index is 886. The van der Waals surface area contributed by atoms with Crippen LogP contribution in [0, 0.1) is 0 Å². The molecule has 2 aromatic heterocycles. The van der Waals surface area contributed by atoms with Crippen LogP contribution in [0.5, 0.6) is 5.75 Å². The van der Waals surface area contributed by atoms with Gasteiger partial charge in [-0.05, 0) is 43.2 Å². The summed E-state index contributed by atoms with van der Waals surface area (Å²) in [5, 5.41) is 7.42. The molecule has 3 aromatic rings. The molecule has 132 valence electrons. The molecule has 0 unspecified atom stereocenters. The number of nitrogens with zero attached hydrogens (tertiary/aromatic N) is 3. The molecule has 1 saturated heterocycles. The molecule has 1 aliphatic heterocycles. The Kier molecular flexibility index (Phi) is 4.64. The summed E-state index contributed by atoms with van der Waals surface area (Å²) in [6.45, 7) is 1.72. The zero-order valence-corrected chi connectivity index (χ0v) is 14.4. The van der Waals surface area contributed by atoms with E-state index >= 15 is 0 Å². The summed E-state index contributed by atoms with van der Waals surface area (Å²) in [4.78, 5) is 18.2. The lowest BCUT2D eigenvalue weighted by Gasteiger charge is -2.16. The van der Waals surface area contributed by atoms with E-state index in [2.05, 4.69) is 15.2 Å². The van der Waals surface area contributed by atoms with Crippen molar-refractivity contribution in [3.05, 3.63) is 54.9 Å². The summed E-state index contributed by atoms with van der Waals surface area (Å²) in [6, 6.07) is 13.5. The zero-order chi connectivity index (χ0) is 17.8. The number of aromatic amines is 1. The summed E-state index contributed by atoms with van der Waals surface area (Å²) < 4.78 is 5.83. The summed E-state index contributed by atoms with van der Waals surface area (Å²) >= 11 is 0. The molecule has 0 spiro atoms. The summed E-state index contributed by atoms with van der Waals surface area (Å²) in [5.41, 5.74) is 3.48. The van der Waals surface area contributed by atoms with Gasteiger partial charge in [0.1, 0.15) is 5.75 Å². The molecule has 1 fully saturated rings. The topological polar surface area (TPSA) is 71.1 Å². The van der Waals surface area contributed by atoms with Gasteiger partial charge in [0.25, 0.3) is 5.91 Å². The van der Waals surface area contributed by atoms with E-state index in [1.807, 2.05) is 47.4 Å². The van der Waals surface area contributed by atoms with E-state index in [0.29, 0.717) is 5.75 Å². The number of carbonyl (C=O) groups excluding carboxylic acids is 1. The number of hydrogen-bond donors (Lipinski definition) is 1. The number of amides is 1. The van der Waals surface area contributed by atoms with Crippen LogP contribution in [0.25, 0.3) is 22.5 Å². The number of carbonyl (C=O) groups is 1. The minimum Gasteiger partial charge on any atom is -0.483 e. The molecule has 1 amide bonds. The van der Waals surface area contributed by atoms with Crippen LogP contribution < -0.4 is 4.74 Å². The SMILES string of the molecule is O=C(COc1ccccc1-c1cc(-c2cccnc2)n[nH]1)N1CCCC1. The number of likely N-dealkylation sites (tertiary alicyclic amines) is 1. The quantitative estimate of drug-likeness (QED) is 0.769. The highest BCUT2D eigenvalue weighted by molar-refractivity contribution is 5.78. The van der Waals surface area contributed by atoms with Crippen LogP contribution in [0.2, 0.25) is 0 Å². The average molecular weight is 348 g/mol. The van der Waals surface area contributed by atoms with E-state index in [9.17, 15) is 4.79 Å². The van der Waals surface area contributed by atoms with Gasteiger partial charge in [-0.2, -0.15) is 5.10 Å². The third kappa shape index (κ3) is 3.44. The molecule has 0 saturated carbocycles. The van der Waals surface area contributed by atoms with E-state index in [4.69, 9.17) is 4.74 Å². The Hall–Kier alpha value is -3.15.